The number of pyridine rings is 1. The molecule has 1 saturated heterocycles. The Hall–Kier alpha value is -3.06. The lowest BCUT2D eigenvalue weighted by atomic mass is 10.1. The highest BCUT2D eigenvalue weighted by Gasteiger charge is 2.30. The van der Waals surface area contributed by atoms with Gasteiger partial charge in [-0.2, -0.15) is 5.10 Å². The van der Waals surface area contributed by atoms with E-state index in [4.69, 9.17) is 4.74 Å². The van der Waals surface area contributed by atoms with Gasteiger partial charge in [-0.3, -0.25) is 4.79 Å². The number of ether oxygens (including phenoxy) is 1. The lowest BCUT2D eigenvalue weighted by Gasteiger charge is -2.37. The molecule has 1 fully saturated rings. The molecule has 3 heterocycles. The molecule has 0 N–H and O–H groups in total. The van der Waals surface area contributed by atoms with Crippen LogP contribution in [0.15, 0.2) is 61.3 Å². The second-order valence-electron chi connectivity index (χ2n) is 6.30. The largest absolute Gasteiger partial charge is 0.367 e. The number of hydrogen-bond acceptors (Lipinski definition) is 5. The number of aromatic nitrogens is 4. The molecule has 1 amide bonds. The van der Waals surface area contributed by atoms with Crippen LogP contribution in [0.3, 0.4) is 0 Å². The van der Waals surface area contributed by atoms with Crippen LogP contribution in [0.25, 0.3) is 5.82 Å². The van der Waals surface area contributed by atoms with Crippen molar-refractivity contribution in [3.8, 4) is 5.82 Å². The number of carbonyl (C=O) groups is 1. The zero-order valence-electron chi connectivity index (χ0n) is 14.4. The number of carbonyl (C=O) groups excluding carboxylic acids is 1. The van der Waals surface area contributed by atoms with Crippen LogP contribution in [-0.4, -0.2) is 49.7 Å². The van der Waals surface area contributed by atoms with Crippen molar-refractivity contribution < 1.29 is 9.53 Å². The van der Waals surface area contributed by atoms with Crippen molar-refractivity contribution in [2.24, 2.45) is 0 Å². The third-order valence-electron chi connectivity index (χ3n) is 4.36. The summed E-state index contributed by atoms with van der Waals surface area (Å²) in [6.45, 7) is 3.07. The first kappa shape index (κ1) is 16.4. The van der Waals surface area contributed by atoms with E-state index in [1.54, 1.807) is 24.7 Å². The Kier molecular flexibility index (Phi) is 4.45. The van der Waals surface area contributed by atoms with Crippen molar-refractivity contribution >= 4 is 5.91 Å². The summed E-state index contributed by atoms with van der Waals surface area (Å²) in [6.07, 6.45) is 4.45. The van der Waals surface area contributed by atoms with Crippen LogP contribution < -0.4 is 0 Å². The molecule has 1 aromatic carbocycles. The molecule has 0 radical (unpaired) electrons. The monoisotopic (exact) mass is 349 g/mol. The molecule has 2 atom stereocenters. The van der Waals surface area contributed by atoms with Crippen molar-refractivity contribution in [2.45, 2.75) is 19.1 Å². The van der Waals surface area contributed by atoms with Gasteiger partial charge in [0.25, 0.3) is 5.91 Å². The van der Waals surface area contributed by atoms with Crippen LogP contribution >= 0.6 is 0 Å². The van der Waals surface area contributed by atoms with E-state index in [2.05, 4.69) is 15.1 Å². The van der Waals surface area contributed by atoms with Gasteiger partial charge in [0.1, 0.15) is 18.8 Å². The normalized spacial score (nSPS) is 20.1. The Bertz CT molecular complexity index is 882. The molecule has 7 nitrogen and oxygen atoms in total. The fourth-order valence-electron chi connectivity index (χ4n) is 3.15. The second kappa shape index (κ2) is 7.05. The van der Waals surface area contributed by atoms with E-state index in [9.17, 15) is 4.79 Å². The molecule has 0 spiro atoms. The van der Waals surface area contributed by atoms with Gasteiger partial charge in [0.2, 0.25) is 0 Å². The quantitative estimate of drug-likeness (QED) is 0.725. The van der Waals surface area contributed by atoms with Crippen LogP contribution in [0, 0.1) is 0 Å². The Labute approximate surface area is 151 Å². The maximum absolute atomic E-state index is 13.0. The predicted octanol–water partition coefficient (Wildman–Crippen LogP) is 2.26. The summed E-state index contributed by atoms with van der Waals surface area (Å²) in [6, 6.07) is 13.5. The fourth-order valence-corrected chi connectivity index (χ4v) is 3.15. The van der Waals surface area contributed by atoms with Crippen LogP contribution in [0.1, 0.15) is 28.9 Å². The van der Waals surface area contributed by atoms with Gasteiger partial charge >= 0.3 is 0 Å². The third kappa shape index (κ3) is 3.34. The topological polar surface area (TPSA) is 73.1 Å². The first-order valence-corrected chi connectivity index (χ1v) is 8.51. The third-order valence-corrected chi connectivity index (χ3v) is 4.36. The highest BCUT2D eigenvalue weighted by Crippen LogP contribution is 2.26. The van der Waals surface area contributed by atoms with Crippen LogP contribution in [0.5, 0.6) is 0 Å². The van der Waals surface area contributed by atoms with Crippen molar-refractivity contribution in [1.29, 1.82) is 0 Å². The maximum atomic E-state index is 13.0. The SMILES string of the molecule is C[C@H]1CN(C(=O)c2ccnc(-n3cncn3)c2)C[C@@H](c2ccccc2)O1. The van der Waals surface area contributed by atoms with Gasteiger partial charge in [-0.1, -0.05) is 30.3 Å². The van der Waals surface area contributed by atoms with Crippen molar-refractivity contribution in [1.82, 2.24) is 24.6 Å². The van der Waals surface area contributed by atoms with Crippen molar-refractivity contribution in [3.63, 3.8) is 0 Å². The highest BCUT2D eigenvalue weighted by atomic mass is 16.5. The highest BCUT2D eigenvalue weighted by molar-refractivity contribution is 5.94. The number of nitrogens with zero attached hydrogens (tertiary/aromatic N) is 5. The average molecular weight is 349 g/mol. The summed E-state index contributed by atoms with van der Waals surface area (Å²) in [5.41, 5.74) is 1.65. The summed E-state index contributed by atoms with van der Waals surface area (Å²) in [5, 5.41) is 4.06. The molecule has 1 aliphatic rings. The zero-order chi connectivity index (χ0) is 17.9. The first-order chi connectivity index (χ1) is 12.7. The summed E-state index contributed by atoms with van der Waals surface area (Å²) in [7, 11) is 0. The molecule has 3 aromatic rings. The minimum atomic E-state index is -0.125. The van der Waals surface area contributed by atoms with E-state index < -0.39 is 0 Å². The van der Waals surface area contributed by atoms with Crippen LogP contribution in [0.2, 0.25) is 0 Å². The first-order valence-electron chi connectivity index (χ1n) is 8.51. The molecule has 0 bridgehead atoms. The number of benzene rings is 1. The van der Waals surface area contributed by atoms with E-state index >= 15 is 0 Å². The number of rotatable bonds is 3. The predicted molar refractivity (Wildman–Crippen MR) is 94.8 cm³/mol. The maximum Gasteiger partial charge on any atom is 0.254 e. The summed E-state index contributed by atoms with van der Waals surface area (Å²) in [5.74, 6) is 0.527. The van der Waals surface area contributed by atoms with Gasteiger partial charge in [0, 0.05) is 18.3 Å². The van der Waals surface area contributed by atoms with E-state index in [0.29, 0.717) is 24.5 Å². The van der Waals surface area contributed by atoms with Gasteiger partial charge in [0.05, 0.1) is 12.6 Å². The standard InChI is InChI=1S/C19H19N5O2/c1-14-10-23(11-17(26-14)15-5-3-2-4-6-15)19(25)16-7-8-21-18(9-16)24-13-20-12-22-24/h2-9,12-14,17H,10-11H2,1H3/t14-,17-/m0/s1. The molecule has 0 unspecified atom stereocenters. The van der Waals surface area contributed by atoms with E-state index in [1.165, 1.54) is 11.0 Å². The van der Waals surface area contributed by atoms with Crippen LogP contribution in [0.4, 0.5) is 0 Å². The minimum Gasteiger partial charge on any atom is -0.367 e. The van der Waals surface area contributed by atoms with Gasteiger partial charge in [0.15, 0.2) is 5.82 Å². The van der Waals surface area contributed by atoms with Crippen LogP contribution in [-0.2, 0) is 4.74 Å². The fraction of sp³-hybridized carbons (Fsp3) is 0.263. The molecule has 7 heteroatoms. The van der Waals surface area contributed by atoms with Crippen molar-refractivity contribution in [2.75, 3.05) is 13.1 Å². The molecule has 0 aliphatic carbocycles. The average Bonchev–Trinajstić information content (AvgIpc) is 3.23. The van der Waals surface area contributed by atoms with Crippen molar-refractivity contribution in [3.05, 3.63) is 72.4 Å². The molecular weight excluding hydrogens is 330 g/mol. The second-order valence-corrected chi connectivity index (χ2v) is 6.30. The summed E-state index contributed by atoms with van der Waals surface area (Å²) < 4.78 is 7.58. The Morgan fingerprint density at radius 2 is 2.04 bits per heavy atom. The molecule has 1 aliphatic heterocycles. The number of hydrogen-bond donors (Lipinski definition) is 0. The van der Waals surface area contributed by atoms with Gasteiger partial charge in [-0.25, -0.2) is 14.6 Å². The Balaban J connectivity index is 1.57. The van der Waals surface area contributed by atoms with Gasteiger partial charge in [-0.15, -0.1) is 0 Å². The smallest absolute Gasteiger partial charge is 0.254 e. The molecule has 0 saturated carbocycles. The molecular formula is C19H19N5O2. The van der Waals surface area contributed by atoms with E-state index in [1.807, 2.05) is 42.2 Å². The number of amides is 1. The summed E-state index contributed by atoms with van der Waals surface area (Å²) >= 11 is 0. The molecule has 26 heavy (non-hydrogen) atoms. The minimum absolute atomic E-state index is 0.0328. The Morgan fingerprint density at radius 3 is 2.81 bits per heavy atom. The van der Waals surface area contributed by atoms with E-state index in [0.717, 1.165) is 5.56 Å². The van der Waals surface area contributed by atoms with E-state index in [-0.39, 0.29) is 18.1 Å². The Morgan fingerprint density at radius 1 is 1.19 bits per heavy atom. The molecule has 2 aromatic heterocycles. The zero-order valence-corrected chi connectivity index (χ0v) is 14.4. The molecule has 4 rings (SSSR count). The van der Waals surface area contributed by atoms with Gasteiger partial charge in [-0.05, 0) is 24.6 Å². The van der Waals surface area contributed by atoms with Gasteiger partial charge < -0.3 is 9.64 Å². The summed E-state index contributed by atoms with van der Waals surface area (Å²) in [4.78, 5) is 23.0. The lowest BCUT2D eigenvalue weighted by Crippen LogP contribution is -2.46. The number of morpholine rings is 1. The molecule has 132 valence electrons. The lowest BCUT2D eigenvalue weighted by molar-refractivity contribution is -0.0691.